The third kappa shape index (κ3) is 8.33. The first-order valence-electron chi connectivity index (χ1n) is 9.06. The second-order valence-electron chi connectivity index (χ2n) is 7.95. The second kappa shape index (κ2) is 9.04. The van der Waals surface area contributed by atoms with Crippen molar-refractivity contribution in [2.75, 3.05) is 19.3 Å². The lowest BCUT2D eigenvalue weighted by molar-refractivity contribution is 0.250. The van der Waals surface area contributed by atoms with Gasteiger partial charge in [0.1, 0.15) is 0 Å². The predicted octanol–water partition coefficient (Wildman–Crippen LogP) is 2.08. The lowest BCUT2D eigenvalue weighted by Crippen LogP contribution is -2.48. The summed E-state index contributed by atoms with van der Waals surface area (Å²) < 4.78 is 25.5. The van der Waals surface area contributed by atoms with Crippen molar-refractivity contribution in [2.24, 2.45) is 16.8 Å². The molecule has 0 amide bonds. The van der Waals surface area contributed by atoms with Gasteiger partial charge in [-0.15, -0.1) is 0 Å². The van der Waals surface area contributed by atoms with Crippen molar-refractivity contribution in [1.82, 2.24) is 15.4 Å². The molecular weight excluding hydrogens is 324 g/mol. The number of nitrogens with one attached hydrogen (secondary N) is 3. The van der Waals surface area contributed by atoms with Gasteiger partial charge in [-0.25, -0.2) is 13.1 Å². The molecule has 0 aliphatic heterocycles. The fourth-order valence-electron chi connectivity index (χ4n) is 3.25. The highest BCUT2D eigenvalue weighted by Gasteiger charge is 2.25. The number of rotatable bonds is 7. The van der Waals surface area contributed by atoms with E-state index in [1.165, 1.54) is 19.1 Å². The molecule has 0 heterocycles. The lowest BCUT2D eigenvalue weighted by Gasteiger charge is -2.32. The molecule has 1 fully saturated rings. The highest BCUT2D eigenvalue weighted by atomic mass is 32.2. The third-order valence-electron chi connectivity index (χ3n) is 4.49. The van der Waals surface area contributed by atoms with Crippen LogP contribution in [0.4, 0.5) is 0 Å². The Bertz CT molecular complexity index is 507. The molecule has 0 aromatic carbocycles. The van der Waals surface area contributed by atoms with Crippen LogP contribution < -0.4 is 15.4 Å². The fourth-order valence-corrected chi connectivity index (χ4v) is 4.32. The van der Waals surface area contributed by atoms with Gasteiger partial charge in [-0.3, -0.25) is 4.99 Å². The second-order valence-corrected chi connectivity index (χ2v) is 9.70. The largest absolute Gasteiger partial charge is 0.357 e. The molecule has 0 aromatic rings. The Balaban J connectivity index is 2.60. The van der Waals surface area contributed by atoms with Crippen LogP contribution in [0.5, 0.6) is 0 Å². The van der Waals surface area contributed by atoms with Crippen LogP contribution in [0.25, 0.3) is 0 Å². The van der Waals surface area contributed by atoms with Gasteiger partial charge in [-0.1, -0.05) is 13.8 Å². The topological polar surface area (TPSA) is 82.6 Å². The van der Waals surface area contributed by atoms with Crippen molar-refractivity contribution >= 4 is 16.0 Å². The number of aliphatic imine (C=N–C) groups is 1. The Kier molecular flexibility index (Phi) is 7.99. The van der Waals surface area contributed by atoms with Gasteiger partial charge in [0, 0.05) is 18.1 Å². The van der Waals surface area contributed by atoms with Gasteiger partial charge in [0.05, 0.1) is 12.8 Å². The molecule has 0 saturated heterocycles. The van der Waals surface area contributed by atoms with Gasteiger partial charge >= 0.3 is 0 Å². The Hall–Kier alpha value is -0.820. The third-order valence-corrected chi connectivity index (χ3v) is 5.42. The van der Waals surface area contributed by atoms with Crippen LogP contribution in [0.1, 0.15) is 60.3 Å². The van der Waals surface area contributed by atoms with E-state index in [9.17, 15) is 8.42 Å². The molecule has 1 rings (SSSR count). The average molecular weight is 361 g/mol. The van der Waals surface area contributed by atoms with Gasteiger partial charge in [0.2, 0.25) is 10.0 Å². The number of nitrogens with zero attached hydrogens (tertiary/aromatic N) is 1. The average Bonchev–Trinajstić information content (AvgIpc) is 2.43. The monoisotopic (exact) mass is 360 g/mol. The van der Waals surface area contributed by atoms with E-state index in [-0.39, 0.29) is 0 Å². The first-order valence-corrected chi connectivity index (χ1v) is 11.0. The summed E-state index contributed by atoms with van der Waals surface area (Å²) in [4.78, 5) is 4.59. The standard InChI is InChI=1S/C17H36N4O2S/c1-7-18-16(19-12-17(4,5)21-24(6,22)23)20-15-10-8-14(9-11-15)13(2)3/h13-15,21H,7-12H2,1-6H3,(H2,18,19,20). The lowest BCUT2D eigenvalue weighted by atomic mass is 9.80. The van der Waals surface area contributed by atoms with E-state index in [1.807, 2.05) is 20.8 Å². The van der Waals surface area contributed by atoms with E-state index in [1.54, 1.807) is 0 Å². The van der Waals surface area contributed by atoms with Crippen LogP contribution in [0.15, 0.2) is 4.99 Å². The van der Waals surface area contributed by atoms with Crippen molar-refractivity contribution < 1.29 is 8.42 Å². The molecule has 7 heteroatoms. The van der Waals surface area contributed by atoms with Crippen molar-refractivity contribution in [3.05, 3.63) is 0 Å². The van der Waals surface area contributed by atoms with Crippen LogP contribution >= 0.6 is 0 Å². The summed E-state index contributed by atoms with van der Waals surface area (Å²) in [6.07, 6.45) is 6.03. The van der Waals surface area contributed by atoms with E-state index < -0.39 is 15.6 Å². The first kappa shape index (κ1) is 21.2. The van der Waals surface area contributed by atoms with Crippen molar-refractivity contribution in [2.45, 2.75) is 71.9 Å². The summed E-state index contributed by atoms with van der Waals surface area (Å²) in [6.45, 7) is 11.5. The van der Waals surface area contributed by atoms with Crippen LogP contribution in [0.2, 0.25) is 0 Å². The normalized spacial score (nSPS) is 23.4. The van der Waals surface area contributed by atoms with E-state index in [0.29, 0.717) is 12.6 Å². The molecule has 1 aliphatic carbocycles. The maximum atomic E-state index is 11.4. The van der Waals surface area contributed by atoms with E-state index in [2.05, 4.69) is 34.2 Å². The number of guanidine groups is 1. The summed E-state index contributed by atoms with van der Waals surface area (Å²) in [5.41, 5.74) is -0.606. The van der Waals surface area contributed by atoms with Crippen molar-refractivity contribution in [1.29, 1.82) is 0 Å². The molecule has 0 radical (unpaired) electrons. The van der Waals surface area contributed by atoms with Gasteiger partial charge in [-0.2, -0.15) is 0 Å². The Labute approximate surface area is 148 Å². The van der Waals surface area contributed by atoms with Gasteiger partial charge in [0.25, 0.3) is 0 Å². The summed E-state index contributed by atoms with van der Waals surface area (Å²) in [5.74, 6) is 2.37. The molecule has 6 nitrogen and oxygen atoms in total. The highest BCUT2D eigenvalue weighted by molar-refractivity contribution is 7.88. The Morgan fingerprint density at radius 2 is 1.79 bits per heavy atom. The molecule has 3 N–H and O–H groups in total. The molecule has 0 unspecified atom stereocenters. The molecule has 142 valence electrons. The minimum absolute atomic E-state index is 0.386. The van der Waals surface area contributed by atoms with Crippen molar-refractivity contribution in [3.63, 3.8) is 0 Å². The van der Waals surface area contributed by atoms with E-state index in [4.69, 9.17) is 0 Å². The molecule has 1 aliphatic rings. The number of hydrogen-bond acceptors (Lipinski definition) is 3. The van der Waals surface area contributed by atoms with Gasteiger partial charge in [-0.05, 0) is 58.3 Å². The fraction of sp³-hybridized carbons (Fsp3) is 0.941. The maximum absolute atomic E-state index is 11.4. The zero-order valence-electron chi connectivity index (χ0n) is 16.1. The minimum atomic E-state index is -3.24. The van der Waals surface area contributed by atoms with E-state index >= 15 is 0 Å². The van der Waals surface area contributed by atoms with Crippen LogP contribution in [0.3, 0.4) is 0 Å². The minimum Gasteiger partial charge on any atom is -0.357 e. The summed E-state index contributed by atoms with van der Waals surface area (Å²) >= 11 is 0. The molecule has 0 atom stereocenters. The maximum Gasteiger partial charge on any atom is 0.209 e. The molecule has 1 saturated carbocycles. The predicted molar refractivity (Wildman–Crippen MR) is 102 cm³/mol. The zero-order chi connectivity index (χ0) is 18.4. The summed E-state index contributed by atoms with van der Waals surface area (Å²) in [6, 6.07) is 0.448. The van der Waals surface area contributed by atoms with Crippen LogP contribution in [0, 0.1) is 11.8 Å². The SMILES string of the molecule is CCNC(=NCC(C)(C)NS(C)(=O)=O)NC1CCC(C(C)C)CC1. The number of hydrogen-bond donors (Lipinski definition) is 3. The van der Waals surface area contributed by atoms with Crippen LogP contribution in [-0.2, 0) is 10.0 Å². The van der Waals surface area contributed by atoms with Crippen LogP contribution in [-0.4, -0.2) is 45.3 Å². The molecule has 0 bridgehead atoms. The summed E-state index contributed by atoms with van der Waals surface area (Å²) in [5, 5.41) is 6.77. The molecular formula is C17H36N4O2S. The van der Waals surface area contributed by atoms with E-state index in [0.717, 1.165) is 37.2 Å². The number of sulfonamides is 1. The smallest absolute Gasteiger partial charge is 0.209 e. The Morgan fingerprint density at radius 3 is 2.25 bits per heavy atom. The van der Waals surface area contributed by atoms with Gasteiger partial charge < -0.3 is 10.6 Å². The van der Waals surface area contributed by atoms with Gasteiger partial charge in [0.15, 0.2) is 5.96 Å². The zero-order valence-corrected chi connectivity index (χ0v) is 17.0. The Morgan fingerprint density at radius 1 is 1.21 bits per heavy atom. The quantitative estimate of drug-likeness (QED) is 0.479. The first-order chi connectivity index (χ1) is 11.0. The summed E-state index contributed by atoms with van der Waals surface area (Å²) in [7, 11) is -3.24. The van der Waals surface area contributed by atoms with Crippen molar-refractivity contribution in [3.8, 4) is 0 Å². The molecule has 0 aromatic heterocycles. The molecule has 24 heavy (non-hydrogen) atoms. The molecule has 0 spiro atoms. The highest BCUT2D eigenvalue weighted by Crippen LogP contribution is 2.29.